The molecule has 0 fully saturated rings. The molecule has 0 radical (unpaired) electrons. The second-order valence-electron chi connectivity index (χ2n) is 0.194. The maximum absolute atomic E-state index is 8.99. The normalized spacial score (nSPS) is 10.3. The minimum absolute atomic E-state index is 0. The Morgan fingerprint density at radius 2 is 1.67 bits per heavy atom. The van der Waals surface area contributed by atoms with Gasteiger partial charge in [-0.3, -0.25) is 4.21 Å². The summed E-state index contributed by atoms with van der Waals surface area (Å²) in [5.74, 6) is 0. The molecule has 5 heteroatoms. The van der Waals surface area contributed by atoms with Gasteiger partial charge in [0.25, 0.3) is 0 Å². The molecule has 0 aliphatic heterocycles. The first kappa shape index (κ1) is 15.7. The maximum atomic E-state index is 8.99. The summed E-state index contributed by atoms with van der Waals surface area (Å²) in [4.78, 5) is 0. The van der Waals surface area contributed by atoms with E-state index in [2.05, 4.69) is 0 Å². The van der Waals surface area contributed by atoms with Crippen molar-refractivity contribution in [3.8, 4) is 0 Å². The average molecular weight is 229 g/mol. The van der Waals surface area contributed by atoms with Crippen LogP contribution in [0.4, 0.5) is 0 Å². The maximum Gasteiger partial charge on any atom is 1.00 e. The molecule has 2 nitrogen and oxygen atoms in total. The topological polar surface area (TPSA) is 40.1 Å². The molecule has 34 valence electrons. The van der Waals surface area contributed by atoms with Crippen LogP contribution in [0.5, 0.6) is 0 Å². The predicted octanol–water partition coefficient (Wildman–Crippen LogP) is -2.33. The smallest absolute Gasteiger partial charge is 0.764 e. The average Bonchev–Trinajstić information content (AvgIpc) is 0.811. The quantitative estimate of drug-likeness (QED) is 0.154. The van der Waals surface area contributed by atoms with Crippen LogP contribution in [-0.2, 0) is 8.25 Å². The van der Waals surface area contributed by atoms with Gasteiger partial charge in [-0.15, -0.1) is 0 Å². The van der Waals surface area contributed by atoms with Crippen LogP contribution in [0.3, 0.4) is 0 Å². The second-order valence-corrected chi connectivity index (χ2v) is 2.74. The summed E-state index contributed by atoms with van der Waals surface area (Å²) in [5, 5.41) is 0. The molecule has 0 saturated heterocycles. The summed E-state index contributed by atoms with van der Waals surface area (Å²) in [6.07, 6.45) is 0. The van der Waals surface area contributed by atoms with Crippen molar-refractivity contribution in [3.63, 3.8) is 0 Å². The van der Waals surface area contributed by atoms with Gasteiger partial charge < -0.3 is 12.0 Å². The first-order valence-corrected chi connectivity index (χ1v) is 4.11. The van der Waals surface area contributed by atoms with E-state index in [9.17, 15) is 0 Å². The van der Waals surface area contributed by atoms with Gasteiger partial charge in [0.1, 0.15) is 0 Å². The Bertz CT molecular complexity index is 36.5. The van der Waals surface area contributed by atoms with Gasteiger partial charge in [-0.2, -0.15) is 0 Å². The van der Waals surface area contributed by atoms with E-state index in [0.29, 0.717) is 0 Å². The van der Waals surface area contributed by atoms with E-state index in [4.69, 9.17) is 8.76 Å². The van der Waals surface area contributed by atoms with Crippen LogP contribution in [0.15, 0.2) is 0 Å². The molecule has 0 spiro atoms. The largest absolute Gasteiger partial charge is 1.00 e. The number of hydrogen-bond acceptors (Lipinski definition) is 2. The minimum atomic E-state index is -1.89. The third-order valence-electron chi connectivity index (χ3n) is 0. The third kappa shape index (κ3) is 40.4. The zero-order valence-electron chi connectivity index (χ0n) is 3.60. The van der Waals surface area contributed by atoms with Crippen LogP contribution >= 0.6 is 21.2 Å². The van der Waals surface area contributed by atoms with Crippen molar-refractivity contribution < 1.29 is 38.3 Å². The summed E-state index contributed by atoms with van der Waals surface area (Å²) in [7, 11) is -1.89. The first-order valence-electron chi connectivity index (χ1n) is 0.488. The van der Waals surface area contributed by atoms with Crippen molar-refractivity contribution in [1.82, 2.24) is 0 Å². The van der Waals surface area contributed by atoms with Crippen molar-refractivity contribution in [3.05, 3.63) is 7.43 Å². The van der Waals surface area contributed by atoms with Gasteiger partial charge in [0, 0.05) is 29.5 Å². The Morgan fingerprint density at radius 3 is 1.67 bits per heavy atom. The summed E-state index contributed by atoms with van der Waals surface area (Å²) in [6.45, 7) is 0. The van der Waals surface area contributed by atoms with Crippen LogP contribution in [0.25, 0.3) is 0 Å². The van der Waals surface area contributed by atoms with E-state index in [1.165, 1.54) is 21.2 Å². The predicted molar refractivity (Wildman–Crippen MR) is 29.4 cm³/mol. The molecule has 0 aliphatic rings. The van der Waals surface area contributed by atoms with Gasteiger partial charge in [0.05, 0.1) is 0 Å². The molecule has 1 unspecified atom stereocenters. The molecule has 0 amide bonds. The fourth-order valence-corrected chi connectivity index (χ4v) is 0. The van der Waals surface area contributed by atoms with Gasteiger partial charge in [-0.1, -0.05) is 0 Å². The number of hydrogen-bond donors (Lipinski definition) is 0. The molecule has 1 atom stereocenters. The van der Waals surface area contributed by atoms with E-state index in [0.717, 1.165) is 0 Å². The van der Waals surface area contributed by atoms with Crippen molar-refractivity contribution in [1.29, 1.82) is 0 Å². The van der Waals surface area contributed by atoms with Crippen molar-refractivity contribution in [2.24, 2.45) is 0 Å². The van der Waals surface area contributed by atoms with Crippen molar-refractivity contribution >= 4 is 29.5 Å². The Hall–Kier alpha value is 1.84. The van der Waals surface area contributed by atoms with Crippen LogP contribution in [-0.4, -0.2) is 8.76 Å². The zero-order valence-corrected chi connectivity index (χ0v) is 8.58. The molecular weight excluding hydrogens is 226 g/mol. The van der Waals surface area contributed by atoms with Crippen LogP contribution in [0, 0.1) is 7.43 Å². The fraction of sp³-hybridized carbons (Fsp3) is 0. The van der Waals surface area contributed by atoms with E-state index in [1.54, 1.807) is 0 Å². The molecule has 0 saturated carbocycles. The molecule has 6 heavy (non-hydrogen) atoms. The molecule has 0 heterocycles. The van der Waals surface area contributed by atoms with Gasteiger partial charge in [0.2, 0.25) is 0 Å². The van der Waals surface area contributed by atoms with Gasteiger partial charge >= 0.3 is 29.6 Å². The van der Waals surface area contributed by atoms with Gasteiger partial charge in [0.15, 0.2) is 0 Å². The molecule has 0 aromatic heterocycles. The monoisotopic (exact) mass is 229 g/mol. The standard InChI is InChI=1S/CH3.HIO2S.Na/c;1-4(2)3;/h1H3;(H,2,3);/q-1;;+1/p-1. The summed E-state index contributed by atoms with van der Waals surface area (Å²) in [5.41, 5.74) is 0. The molecule has 0 rings (SSSR count). The Balaban J connectivity index is -0.0000000450. The van der Waals surface area contributed by atoms with Crippen molar-refractivity contribution in [2.75, 3.05) is 0 Å². The molecule has 0 aromatic rings. The first-order chi connectivity index (χ1) is 1.73. The molecule has 0 aromatic carbocycles. The van der Waals surface area contributed by atoms with E-state index < -0.39 is 8.25 Å². The van der Waals surface area contributed by atoms with Gasteiger partial charge in [-0.25, -0.2) is 0 Å². The Kier molecular flexibility index (Phi) is 26.0. The van der Waals surface area contributed by atoms with Gasteiger partial charge in [-0.05, 0) is 0 Å². The number of rotatable bonds is 0. The van der Waals surface area contributed by atoms with E-state index in [1.807, 2.05) is 0 Å². The van der Waals surface area contributed by atoms with E-state index in [-0.39, 0.29) is 37.0 Å². The Labute approximate surface area is 74.2 Å². The molecular formula is CH3INaO2S-. The van der Waals surface area contributed by atoms with Crippen LogP contribution in [0.1, 0.15) is 0 Å². The van der Waals surface area contributed by atoms with Crippen LogP contribution in [0.2, 0.25) is 0 Å². The minimum Gasteiger partial charge on any atom is -0.764 e. The van der Waals surface area contributed by atoms with Crippen LogP contribution < -0.4 is 29.6 Å². The summed E-state index contributed by atoms with van der Waals surface area (Å²) >= 11 is 1.26. The molecule has 0 N–H and O–H groups in total. The Morgan fingerprint density at radius 1 is 1.67 bits per heavy atom. The number of halogens is 1. The zero-order chi connectivity index (χ0) is 3.58. The SMILES string of the molecule is O=S([O-])I.[CH3-].[Na+]. The van der Waals surface area contributed by atoms with Crippen molar-refractivity contribution in [2.45, 2.75) is 0 Å². The van der Waals surface area contributed by atoms with E-state index >= 15 is 0 Å². The third-order valence-corrected chi connectivity index (χ3v) is 0. The summed E-state index contributed by atoms with van der Waals surface area (Å²) in [6, 6.07) is 0. The second kappa shape index (κ2) is 9.96. The fourth-order valence-electron chi connectivity index (χ4n) is 0. The molecule has 0 aliphatic carbocycles. The summed E-state index contributed by atoms with van der Waals surface area (Å²) < 4.78 is 18.0. The molecule has 0 bridgehead atoms.